The second kappa shape index (κ2) is 7.05. The molecule has 1 aliphatic heterocycles. The van der Waals surface area contributed by atoms with Gasteiger partial charge in [0.05, 0.1) is 12.7 Å². The van der Waals surface area contributed by atoms with Crippen molar-refractivity contribution in [3.63, 3.8) is 0 Å². The summed E-state index contributed by atoms with van der Waals surface area (Å²) in [6, 6.07) is 1.39. The fourth-order valence-corrected chi connectivity index (χ4v) is 6.14. The number of carbonyl (C=O) groups is 1. The third-order valence-electron chi connectivity index (χ3n) is 6.40. The van der Waals surface area contributed by atoms with Crippen LogP contribution in [0.1, 0.15) is 56.2 Å². The monoisotopic (exact) mass is 507 g/mol. The first kappa shape index (κ1) is 21.0. The van der Waals surface area contributed by atoms with Crippen molar-refractivity contribution >= 4 is 37.6 Å². The molecular formula is C21H26BrN5O3S. The fraction of sp³-hybridized carbons (Fsp3) is 0.524. The number of halogens is 1. The van der Waals surface area contributed by atoms with Crippen LogP contribution in [0.5, 0.6) is 5.88 Å². The van der Waals surface area contributed by atoms with Gasteiger partial charge in [-0.05, 0) is 74.1 Å². The maximum absolute atomic E-state index is 13.2. The van der Waals surface area contributed by atoms with Crippen LogP contribution >= 0.6 is 15.9 Å². The van der Waals surface area contributed by atoms with Crippen molar-refractivity contribution in [1.29, 1.82) is 0 Å². The van der Waals surface area contributed by atoms with Gasteiger partial charge in [-0.3, -0.25) is 0 Å². The van der Waals surface area contributed by atoms with E-state index in [1.54, 1.807) is 4.68 Å². The lowest BCUT2D eigenvalue weighted by molar-refractivity contribution is 0.132. The van der Waals surface area contributed by atoms with E-state index in [4.69, 9.17) is 9.88 Å². The zero-order valence-electron chi connectivity index (χ0n) is 17.8. The van der Waals surface area contributed by atoms with Crippen molar-refractivity contribution in [2.24, 2.45) is 15.4 Å². The molecule has 1 aromatic heterocycles. The number of nitrogens with two attached hydrogens (primary N) is 1. The van der Waals surface area contributed by atoms with Gasteiger partial charge in [0.1, 0.15) is 10.5 Å². The summed E-state index contributed by atoms with van der Waals surface area (Å²) >= 11 is 3.67. The second-order valence-electron chi connectivity index (χ2n) is 9.33. The minimum atomic E-state index is -3.52. The third kappa shape index (κ3) is 3.68. The van der Waals surface area contributed by atoms with E-state index in [0.29, 0.717) is 24.3 Å². The van der Waals surface area contributed by atoms with Gasteiger partial charge >= 0.3 is 6.03 Å². The Bertz CT molecular complexity index is 1220. The summed E-state index contributed by atoms with van der Waals surface area (Å²) in [5.41, 5.74) is 3.74. The summed E-state index contributed by atoms with van der Waals surface area (Å²) < 4.78 is 25.6. The number of aromatic nitrogens is 2. The van der Waals surface area contributed by atoms with Gasteiger partial charge in [0.2, 0.25) is 5.88 Å². The number of urea groups is 1. The molecule has 3 N–H and O–H groups in total. The molecule has 0 radical (unpaired) electrons. The number of amides is 2. The van der Waals surface area contributed by atoms with Crippen LogP contribution in [-0.4, -0.2) is 25.6 Å². The average molecular weight is 508 g/mol. The number of nitrogens with one attached hydrogen (secondary N) is 1. The predicted molar refractivity (Wildman–Crippen MR) is 122 cm³/mol. The van der Waals surface area contributed by atoms with Crippen molar-refractivity contribution in [3.05, 3.63) is 33.4 Å². The van der Waals surface area contributed by atoms with Crippen LogP contribution in [0, 0.1) is 5.92 Å². The highest BCUT2D eigenvalue weighted by molar-refractivity contribution is 9.10. The first-order chi connectivity index (χ1) is 14.6. The van der Waals surface area contributed by atoms with Crippen LogP contribution in [0.4, 0.5) is 10.5 Å². The maximum Gasteiger partial charge on any atom is 0.354 e. The van der Waals surface area contributed by atoms with Crippen molar-refractivity contribution in [2.45, 2.75) is 69.4 Å². The Morgan fingerprint density at radius 2 is 2.13 bits per heavy atom. The Morgan fingerprint density at radius 3 is 2.77 bits per heavy atom. The molecule has 10 heteroatoms. The number of fused-ring (bicyclic) bond motifs is 2. The van der Waals surface area contributed by atoms with Gasteiger partial charge in [0, 0.05) is 10.2 Å². The fourth-order valence-electron chi connectivity index (χ4n) is 4.47. The molecule has 5 rings (SSSR count). The van der Waals surface area contributed by atoms with Crippen LogP contribution < -0.4 is 15.2 Å². The zero-order chi connectivity index (χ0) is 22.1. The van der Waals surface area contributed by atoms with E-state index in [1.165, 1.54) is 24.6 Å². The minimum absolute atomic E-state index is 0.142. The smallest absolute Gasteiger partial charge is 0.354 e. The number of hydrogen-bond acceptors (Lipinski definition) is 4. The number of hydrogen-bond donors (Lipinski definition) is 2. The number of anilines is 1. The van der Waals surface area contributed by atoms with Crippen molar-refractivity contribution in [1.82, 2.24) is 9.78 Å². The van der Waals surface area contributed by atoms with E-state index < -0.39 is 21.5 Å². The molecule has 8 nitrogen and oxygen atoms in total. The van der Waals surface area contributed by atoms with Crippen molar-refractivity contribution < 1.29 is 13.7 Å². The molecule has 0 bridgehead atoms. The minimum Gasteiger partial charge on any atom is -0.469 e. The summed E-state index contributed by atoms with van der Waals surface area (Å²) in [6.07, 6.45) is 5.64. The molecule has 0 saturated heterocycles. The normalized spacial score (nSPS) is 21.2. The molecule has 3 aliphatic rings. The van der Waals surface area contributed by atoms with Crippen LogP contribution in [0.2, 0.25) is 0 Å². The molecule has 2 aromatic rings. The lowest BCUT2D eigenvalue weighted by atomic mass is 9.82. The highest BCUT2D eigenvalue weighted by atomic mass is 79.9. The van der Waals surface area contributed by atoms with Crippen molar-refractivity contribution in [2.75, 3.05) is 5.32 Å². The highest BCUT2D eigenvalue weighted by Crippen LogP contribution is 2.48. The van der Waals surface area contributed by atoms with Gasteiger partial charge in [-0.1, -0.05) is 22.9 Å². The number of benzene rings is 1. The van der Waals surface area contributed by atoms with Crippen LogP contribution in [0.25, 0.3) is 0 Å². The first-order valence-corrected chi connectivity index (χ1v) is 12.9. The molecule has 31 heavy (non-hydrogen) atoms. The van der Waals surface area contributed by atoms with Gasteiger partial charge in [0.25, 0.3) is 0 Å². The van der Waals surface area contributed by atoms with Gasteiger partial charge in [-0.2, -0.15) is 5.10 Å². The lowest BCUT2D eigenvalue weighted by Gasteiger charge is -2.28. The molecule has 0 unspecified atom stereocenters. The Morgan fingerprint density at radius 1 is 1.42 bits per heavy atom. The third-order valence-corrected chi connectivity index (χ3v) is 8.45. The van der Waals surface area contributed by atoms with E-state index >= 15 is 0 Å². The van der Waals surface area contributed by atoms with E-state index in [-0.39, 0.29) is 4.90 Å². The Balaban J connectivity index is 1.47. The number of carbonyl (C=O) groups excluding carboxylic acids is 1. The SMILES string of the molecule is C[C@@H](c1cc(Br)c2c(c1NC(=O)N=[S@@](N)(=O)c1cnn3c1OC(C)(C)C3)CC2)C1CC1. The van der Waals surface area contributed by atoms with Crippen LogP contribution in [0.3, 0.4) is 0 Å². The zero-order valence-corrected chi connectivity index (χ0v) is 20.2. The quantitative estimate of drug-likeness (QED) is 0.639. The van der Waals surface area contributed by atoms with Gasteiger partial charge in [0.15, 0.2) is 9.92 Å². The van der Waals surface area contributed by atoms with Crippen molar-refractivity contribution in [3.8, 4) is 5.88 Å². The molecule has 1 fully saturated rings. The Hall–Kier alpha value is -1.91. The van der Waals surface area contributed by atoms with Gasteiger partial charge in [-0.15, -0.1) is 4.36 Å². The Kier molecular flexibility index (Phi) is 4.76. The average Bonchev–Trinajstić information content (AvgIpc) is 3.32. The molecule has 2 heterocycles. The first-order valence-electron chi connectivity index (χ1n) is 10.5. The van der Waals surface area contributed by atoms with E-state index in [0.717, 1.165) is 34.1 Å². The molecule has 1 aromatic carbocycles. The molecular weight excluding hydrogens is 482 g/mol. The van der Waals surface area contributed by atoms with Crippen LogP contribution in [0.15, 0.2) is 26.0 Å². The maximum atomic E-state index is 13.2. The summed E-state index contributed by atoms with van der Waals surface area (Å²) in [6.45, 7) is 6.51. The topological polar surface area (TPSA) is 112 Å². The lowest BCUT2D eigenvalue weighted by Crippen LogP contribution is -2.27. The predicted octanol–water partition coefficient (Wildman–Crippen LogP) is 4.36. The number of ether oxygens (including phenoxy) is 1. The van der Waals surface area contributed by atoms with Gasteiger partial charge in [-0.25, -0.2) is 18.8 Å². The molecule has 166 valence electrons. The molecule has 2 atom stereocenters. The molecule has 0 spiro atoms. The van der Waals surface area contributed by atoms with Crippen LogP contribution in [-0.2, 0) is 29.3 Å². The van der Waals surface area contributed by atoms with E-state index in [1.807, 2.05) is 13.8 Å². The van der Waals surface area contributed by atoms with Gasteiger partial charge < -0.3 is 10.1 Å². The summed E-state index contributed by atoms with van der Waals surface area (Å²) in [5.74, 6) is 1.27. The highest BCUT2D eigenvalue weighted by Gasteiger charge is 2.36. The summed E-state index contributed by atoms with van der Waals surface area (Å²) in [4.78, 5) is 13.0. The Labute approximate surface area is 190 Å². The molecule has 1 saturated carbocycles. The molecule has 2 aliphatic carbocycles. The second-order valence-corrected chi connectivity index (χ2v) is 11.9. The van der Waals surface area contributed by atoms with E-state index in [2.05, 4.69) is 43.7 Å². The number of rotatable bonds is 4. The summed E-state index contributed by atoms with van der Waals surface area (Å²) in [5, 5.41) is 13.1. The largest absolute Gasteiger partial charge is 0.469 e. The molecule has 2 amide bonds. The van der Waals surface area contributed by atoms with E-state index in [9.17, 15) is 9.00 Å². The number of nitrogens with zero attached hydrogens (tertiary/aromatic N) is 3. The standard InChI is InChI=1S/C21H26BrN5O3S/c1-11(12-4-5-12)15-8-16(22)13-6-7-14(13)18(15)25-20(28)26-31(23,29)17-9-24-27-10-21(2,3)30-19(17)27/h8-9,11-12H,4-7,10H2,1-3H3,(H3,23,25,26,28,29)/t11-,31-/m1/s1. The summed E-state index contributed by atoms with van der Waals surface area (Å²) in [7, 11) is -3.52.